The third-order valence-electron chi connectivity index (χ3n) is 3.73. The van der Waals surface area contributed by atoms with Gasteiger partial charge >= 0.3 is 0 Å². The Morgan fingerprint density at radius 3 is 1.95 bits per heavy atom. The van der Waals surface area contributed by atoms with Gasteiger partial charge in [-0.05, 0) is 22.3 Å². The van der Waals surface area contributed by atoms with Gasteiger partial charge in [-0.15, -0.1) is 0 Å². The van der Waals surface area contributed by atoms with Crippen LogP contribution in [0.5, 0.6) is 0 Å². The first-order valence-corrected chi connectivity index (χ1v) is 8.26. The second-order valence-corrected chi connectivity index (χ2v) is 6.27. The van der Waals surface area contributed by atoms with Gasteiger partial charge in [0.15, 0.2) is 0 Å². The van der Waals surface area contributed by atoms with Gasteiger partial charge in [-0.1, -0.05) is 101 Å². The Morgan fingerprint density at radius 2 is 1.36 bits per heavy atom. The van der Waals surface area contributed by atoms with Crippen LogP contribution >= 0.6 is 15.9 Å². The van der Waals surface area contributed by atoms with Crippen LogP contribution in [0.2, 0.25) is 0 Å². The minimum Gasteiger partial charge on any atom is -0.321 e. The van der Waals surface area contributed by atoms with Crippen molar-refractivity contribution in [2.75, 3.05) is 0 Å². The zero-order valence-electron chi connectivity index (χ0n) is 12.2. The molecule has 0 radical (unpaired) electrons. The molecule has 3 rings (SSSR count). The molecule has 1 aliphatic carbocycles. The number of rotatable bonds is 2. The molecule has 0 fully saturated rings. The van der Waals surface area contributed by atoms with Crippen LogP contribution in [0, 0.1) is 0 Å². The lowest BCUT2D eigenvalue weighted by Crippen LogP contribution is -2.29. The first-order valence-electron chi connectivity index (χ1n) is 7.35. The van der Waals surface area contributed by atoms with E-state index in [1.807, 2.05) is 24.3 Å². The van der Waals surface area contributed by atoms with Crippen molar-refractivity contribution in [2.24, 2.45) is 5.73 Å². The number of hydrogen-bond donors (Lipinski definition) is 1. The van der Waals surface area contributed by atoms with Crippen molar-refractivity contribution in [3.8, 4) is 0 Å². The maximum absolute atomic E-state index is 6.26. The molecule has 0 bridgehead atoms. The Balaban J connectivity index is 1.95. The summed E-state index contributed by atoms with van der Waals surface area (Å²) in [6.07, 6.45) is 8.54. The molecule has 2 atom stereocenters. The van der Waals surface area contributed by atoms with E-state index in [2.05, 4.69) is 76.6 Å². The van der Waals surface area contributed by atoms with Crippen LogP contribution in [0.15, 0.2) is 84.0 Å². The SMILES string of the molecule is NC1C=CC(=Cc2ccccc2)C(Br)C1=Cc1ccccc1. The Bertz CT molecular complexity index is 714. The fourth-order valence-electron chi connectivity index (χ4n) is 2.55. The topological polar surface area (TPSA) is 26.0 Å². The fraction of sp³-hybridized carbons (Fsp3) is 0.100. The summed E-state index contributed by atoms with van der Waals surface area (Å²) in [7, 11) is 0. The molecule has 2 N–H and O–H groups in total. The normalized spacial score (nSPS) is 24.8. The first-order chi connectivity index (χ1) is 10.7. The van der Waals surface area contributed by atoms with Gasteiger partial charge in [0, 0.05) is 6.04 Å². The van der Waals surface area contributed by atoms with Gasteiger partial charge < -0.3 is 5.73 Å². The molecular weight excluding hydrogens is 334 g/mol. The van der Waals surface area contributed by atoms with E-state index in [9.17, 15) is 0 Å². The smallest absolute Gasteiger partial charge is 0.0626 e. The Labute approximate surface area is 140 Å². The summed E-state index contributed by atoms with van der Waals surface area (Å²) in [5.74, 6) is 0. The van der Waals surface area contributed by atoms with Gasteiger partial charge in [0.2, 0.25) is 0 Å². The zero-order valence-corrected chi connectivity index (χ0v) is 13.8. The Hall–Kier alpha value is -1.90. The molecule has 2 unspecified atom stereocenters. The average molecular weight is 352 g/mol. The molecule has 1 aliphatic rings. The molecule has 0 heterocycles. The number of benzene rings is 2. The summed E-state index contributed by atoms with van der Waals surface area (Å²) in [6, 6.07) is 20.6. The maximum atomic E-state index is 6.26. The van der Waals surface area contributed by atoms with Crippen molar-refractivity contribution in [2.45, 2.75) is 10.9 Å². The fourth-order valence-corrected chi connectivity index (χ4v) is 3.27. The number of nitrogens with two attached hydrogens (primary N) is 1. The van der Waals surface area contributed by atoms with E-state index in [0.717, 1.165) is 0 Å². The minimum absolute atomic E-state index is 0.0579. The van der Waals surface area contributed by atoms with Crippen LogP contribution in [0.4, 0.5) is 0 Å². The summed E-state index contributed by atoms with van der Waals surface area (Å²) in [6.45, 7) is 0. The minimum atomic E-state index is -0.0579. The highest BCUT2D eigenvalue weighted by atomic mass is 79.9. The largest absolute Gasteiger partial charge is 0.321 e. The Morgan fingerprint density at radius 1 is 0.818 bits per heavy atom. The van der Waals surface area contributed by atoms with Gasteiger partial charge in [-0.3, -0.25) is 0 Å². The number of alkyl halides is 1. The van der Waals surface area contributed by atoms with Crippen molar-refractivity contribution in [3.05, 3.63) is 95.1 Å². The van der Waals surface area contributed by atoms with E-state index < -0.39 is 0 Å². The lowest BCUT2D eigenvalue weighted by molar-refractivity contribution is 0.901. The molecule has 0 saturated heterocycles. The van der Waals surface area contributed by atoms with Gasteiger partial charge in [0.1, 0.15) is 0 Å². The van der Waals surface area contributed by atoms with Crippen LogP contribution in [-0.4, -0.2) is 10.9 Å². The van der Waals surface area contributed by atoms with Gasteiger partial charge in [0.05, 0.1) is 4.83 Å². The summed E-state index contributed by atoms with van der Waals surface area (Å²) in [4.78, 5) is 0.132. The van der Waals surface area contributed by atoms with Crippen LogP contribution in [-0.2, 0) is 0 Å². The van der Waals surface area contributed by atoms with E-state index >= 15 is 0 Å². The molecule has 0 saturated carbocycles. The summed E-state index contributed by atoms with van der Waals surface area (Å²) in [5, 5.41) is 0. The van der Waals surface area contributed by atoms with E-state index in [1.54, 1.807) is 0 Å². The van der Waals surface area contributed by atoms with Crippen LogP contribution < -0.4 is 5.73 Å². The quantitative estimate of drug-likeness (QED) is 0.771. The second kappa shape index (κ2) is 6.91. The van der Waals surface area contributed by atoms with Crippen molar-refractivity contribution < 1.29 is 0 Å². The predicted octanol–water partition coefficient (Wildman–Crippen LogP) is 4.81. The van der Waals surface area contributed by atoms with Gasteiger partial charge in [0.25, 0.3) is 0 Å². The lowest BCUT2D eigenvalue weighted by Gasteiger charge is -2.25. The monoisotopic (exact) mass is 351 g/mol. The Kier molecular flexibility index (Phi) is 4.71. The zero-order chi connectivity index (χ0) is 15.4. The number of allylic oxidation sites excluding steroid dienone is 2. The van der Waals surface area contributed by atoms with Gasteiger partial charge in [-0.25, -0.2) is 0 Å². The van der Waals surface area contributed by atoms with Gasteiger partial charge in [-0.2, -0.15) is 0 Å². The lowest BCUT2D eigenvalue weighted by atomic mass is 9.90. The van der Waals surface area contributed by atoms with E-state index in [-0.39, 0.29) is 10.9 Å². The summed E-state index contributed by atoms with van der Waals surface area (Å²) >= 11 is 3.81. The van der Waals surface area contributed by atoms with E-state index in [0.29, 0.717) is 0 Å². The van der Waals surface area contributed by atoms with Crippen LogP contribution in [0.25, 0.3) is 12.2 Å². The first kappa shape index (κ1) is 15.0. The average Bonchev–Trinajstić information content (AvgIpc) is 2.56. The van der Waals surface area contributed by atoms with E-state index in [1.165, 1.54) is 22.3 Å². The van der Waals surface area contributed by atoms with Crippen molar-refractivity contribution in [3.63, 3.8) is 0 Å². The molecule has 0 aliphatic heterocycles. The molecule has 0 aromatic heterocycles. The second-order valence-electron chi connectivity index (χ2n) is 5.36. The molecule has 22 heavy (non-hydrogen) atoms. The van der Waals surface area contributed by atoms with Crippen molar-refractivity contribution in [1.82, 2.24) is 0 Å². The maximum Gasteiger partial charge on any atom is 0.0626 e. The summed E-state index contributed by atoms with van der Waals surface area (Å²) < 4.78 is 0. The third kappa shape index (κ3) is 3.46. The van der Waals surface area contributed by atoms with E-state index in [4.69, 9.17) is 5.73 Å². The van der Waals surface area contributed by atoms with Crippen LogP contribution in [0.1, 0.15) is 11.1 Å². The molecule has 2 aromatic rings. The number of hydrogen-bond acceptors (Lipinski definition) is 1. The standard InChI is InChI=1S/C20H18BrN/c21-20-17(13-15-7-3-1-4-8-15)11-12-19(22)18(20)14-16-9-5-2-6-10-16/h1-14,19-20H,22H2. The van der Waals surface area contributed by atoms with Crippen molar-refractivity contribution in [1.29, 1.82) is 0 Å². The summed E-state index contributed by atoms with van der Waals surface area (Å²) in [5.41, 5.74) is 11.0. The van der Waals surface area contributed by atoms with Crippen LogP contribution in [0.3, 0.4) is 0 Å². The molecular formula is C20H18BrN. The molecule has 1 nitrogen and oxygen atoms in total. The molecule has 2 aromatic carbocycles. The predicted molar refractivity (Wildman–Crippen MR) is 98.7 cm³/mol. The van der Waals surface area contributed by atoms with Crippen molar-refractivity contribution >= 4 is 28.1 Å². The number of halogens is 1. The molecule has 0 spiro atoms. The highest BCUT2D eigenvalue weighted by Crippen LogP contribution is 2.31. The highest BCUT2D eigenvalue weighted by Gasteiger charge is 2.22. The third-order valence-corrected chi connectivity index (χ3v) is 4.79. The highest BCUT2D eigenvalue weighted by molar-refractivity contribution is 9.09. The molecule has 2 heteroatoms. The molecule has 110 valence electrons. The molecule has 0 amide bonds.